The second kappa shape index (κ2) is 40.2. The van der Waals surface area contributed by atoms with E-state index in [0.717, 1.165) is 70.6 Å². The fraction of sp³-hybridized carbons (Fsp3) is 0.689. The van der Waals surface area contributed by atoms with E-state index in [1.54, 1.807) is 0 Å². The molecule has 0 heterocycles. The van der Waals surface area contributed by atoms with Gasteiger partial charge in [0.05, 0.1) is 6.61 Å². The number of phosphoric acid groups is 1. The number of carbonyl (C=O) groups is 2. The average molecular weight is 777 g/mol. The number of rotatable bonds is 38. The average Bonchev–Trinajstić information content (AvgIpc) is 3.14. The van der Waals surface area contributed by atoms with Crippen LogP contribution in [0.1, 0.15) is 181 Å². The van der Waals surface area contributed by atoms with Crippen LogP contribution in [0.15, 0.2) is 72.9 Å². The summed E-state index contributed by atoms with van der Waals surface area (Å²) in [5, 5.41) is 0. The second-order valence-corrected chi connectivity index (χ2v) is 15.2. The van der Waals surface area contributed by atoms with Crippen molar-refractivity contribution in [1.29, 1.82) is 0 Å². The van der Waals surface area contributed by atoms with E-state index >= 15 is 0 Å². The van der Waals surface area contributed by atoms with Gasteiger partial charge in [0.15, 0.2) is 6.10 Å². The molecular formula is C45H77O8P. The van der Waals surface area contributed by atoms with Crippen molar-refractivity contribution < 1.29 is 37.9 Å². The predicted molar refractivity (Wildman–Crippen MR) is 225 cm³/mol. The zero-order chi connectivity index (χ0) is 39.6. The molecule has 0 aromatic carbocycles. The quantitative estimate of drug-likeness (QED) is 0.0275. The molecule has 0 fully saturated rings. The van der Waals surface area contributed by atoms with Gasteiger partial charge < -0.3 is 19.3 Å². The van der Waals surface area contributed by atoms with E-state index in [4.69, 9.17) is 19.3 Å². The van der Waals surface area contributed by atoms with Gasteiger partial charge in [0.2, 0.25) is 0 Å². The van der Waals surface area contributed by atoms with E-state index in [1.807, 2.05) is 0 Å². The van der Waals surface area contributed by atoms with Crippen LogP contribution in [0, 0.1) is 0 Å². The van der Waals surface area contributed by atoms with Gasteiger partial charge in [-0.1, -0.05) is 157 Å². The standard InChI is InChI=1S/C45H77O8P/c1-3-5-7-9-11-13-15-17-19-21-22-24-25-27-29-31-33-35-37-39-44(46)51-41-43(42-52-54(48,49)50)53-45(47)40-38-36-34-32-30-28-26-23-20-18-16-14-12-10-8-6-4-2/h5,7,11,13-14,16-17,19,22,24,27,29,43H,3-4,6,8-10,12,15,18,20-21,23,25-26,28,30-42H2,1-2H3,(H2,48,49,50)/b7-5+,13-11+,16-14+,19-17+,24-22+,29-27+/t43-/m1/s1. The summed E-state index contributed by atoms with van der Waals surface area (Å²) in [5.74, 6) is -0.928. The fourth-order valence-electron chi connectivity index (χ4n) is 5.57. The van der Waals surface area contributed by atoms with Crippen LogP contribution in [0.25, 0.3) is 0 Å². The zero-order valence-electron chi connectivity index (χ0n) is 34.1. The molecule has 0 aromatic rings. The lowest BCUT2D eigenvalue weighted by Gasteiger charge is -2.18. The summed E-state index contributed by atoms with van der Waals surface area (Å²) in [6, 6.07) is 0. The Balaban J connectivity index is 3.99. The van der Waals surface area contributed by atoms with Crippen molar-refractivity contribution in [2.45, 2.75) is 187 Å². The van der Waals surface area contributed by atoms with Gasteiger partial charge in [0, 0.05) is 12.8 Å². The summed E-state index contributed by atoms with van der Waals surface area (Å²) in [6.07, 6.45) is 51.9. The maximum Gasteiger partial charge on any atom is 0.469 e. The Morgan fingerprint density at radius 3 is 1.37 bits per heavy atom. The number of ether oxygens (including phenoxy) is 2. The van der Waals surface area contributed by atoms with Gasteiger partial charge in [-0.05, 0) is 83.5 Å². The fourth-order valence-corrected chi connectivity index (χ4v) is 5.93. The molecule has 0 bridgehead atoms. The Bertz CT molecular complexity index is 1100. The highest BCUT2D eigenvalue weighted by Crippen LogP contribution is 2.36. The molecule has 0 saturated carbocycles. The van der Waals surface area contributed by atoms with E-state index in [0.29, 0.717) is 12.8 Å². The number of unbranched alkanes of at least 4 members (excludes halogenated alkanes) is 16. The number of phosphoric ester groups is 1. The first-order chi connectivity index (χ1) is 26.3. The molecule has 310 valence electrons. The maximum absolute atomic E-state index is 12.4. The summed E-state index contributed by atoms with van der Waals surface area (Å²) < 4.78 is 26.4. The summed E-state index contributed by atoms with van der Waals surface area (Å²) in [6.45, 7) is 3.53. The number of hydrogen-bond donors (Lipinski definition) is 2. The minimum absolute atomic E-state index is 0.199. The van der Waals surface area contributed by atoms with Gasteiger partial charge in [0.1, 0.15) is 6.61 Å². The van der Waals surface area contributed by atoms with E-state index in [2.05, 4.69) is 91.3 Å². The summed E-state index contributed by atoms with van der Waals surface area (Å²) >= 11 is 0. The number of esters is 2. The molecule has 0 unspecified atom stereocenters. The lowest BCUT2D eigenvalue weighted by atomic mass is 10.1. The third-order valence-corrected chi connectivity index (χ3v) is 9.19. The molecule has 0 aromatic heterocycles. The van der Waals surface area contributed by atoms with E-state index < -0.39 is 32.5 Å². The van der Waals surface area contributed by atoms with Gasteiger partial charge in [-0.25, -0.2) is 4.57 Å². The SMILES string of the molecule is CC/C=C/C/C=C/C/C=C/C/C=C/C/C=C/CCCCCC(=O)OC[C@H](COP(=O)(O)O)OC(=O)CCCCCCCCCCC/C=C/CCCCCC. The number of carbonyl (C=O) groups excluding carboxylic acids is 2. The Morgan fingerprint density at radius 1 is 0.500 bits per heavy atom. The van der Waals surface area contributed by atoms with Crippen molar-refractivity contribution >= 4 is 19.8 Å². The van der Waals surface area contributed by atoms with E-state index in [-0.39, 0.29) is 19.4 Å². The third-order valence-electron chi connectivity index (χ3n) is 8.71. The van der Waals surface area contributed by atoms with Crippen LogP contribution in [0.3, 0.4) is 0 Å². The van der Waals surface area contributed by atoms with Gasteiger partial charge in [-0.15, -0.1) is 0 Å². The van der Waals surface area contributed by atoms with Crippen molar-refractivity contribution in [2.24, 2.45) is 0 Å². The lowest BCUT2D eigenvalue weighted by Crippen LogP contribution is -2.29. The van der Waals surface area contributed by atoms with Crippen molar-refractivity contribution in [2.75, 3.05) is 13.2 Å². The molecule has 0 aliphatic heterocycles. The summed E-state index contributed by atoms with van der Waals surface area (Å²) in [4.78, 5) is 42.9. The highest BCUT2D eigenvalue weighted by atomic mass is 31.2. The zero-order valence-corrected chi connectivity index (χ0v) is 35.0. The van der Waals surface area contributed by atoms with Crippen molar-refractivity contribution in [3.05, 3.63) is 72.9 Å². The topological polar surface area (TPSA) is 119 Å². The van der Waals surface area contributed by atoms with Crippen molar-refractivity contribution in [3.8, 4) is 0 Å². The smallest absolute Gasteiger partial charge is 0.462 e. The van der Waals surface area contributed by atoms with Gasteiger partial charge >= 0.3 is 19.8 Å². The van der Waals surface area contributed by atoms with Crippen LogP contribution < -0.4 is 0 Å². The molecule has 2 N–H and O–H groups in total. The highest BCUT2D eigenvalue weighted by molar-refractivity contribution is 7.46. The molecule has 0 rings (SSSR count). The van der Waals surface area contributed by atoms with Crippen LogP contribution in [-0.4, -0.2) is 41.0 Å². The minimum atomic E-state index is -4.77. The molecule has 8 nitrogen and oxygen atoms in total. The molecule has 0 spiro atoms. The van der Waals surface area contributed by atoms with Crippen LogP contribution in [0.2, 0.25) is 0 Å². The largest absolute Gasteiger partial charge is 0.469 e. The Kier molecular flexibility index (Phi) is 38.3. The van der Waals surface area contributed by atoms with E-state index in [1.165, 1.54) is 70.6 Å². The minimum Gasteiger partial charge on any atom is -0.462 e. The normalized spacial score (nSPS) is 13.2. The first-order valence-corrected chi connectivity index (χ1v) is 22.8. The molecule has 9 heteroatoms. The summed E-state index contributed by atoms with van der Waals surface area (Å²) in [5.41, 5.74) is 0. The van der Waals surface area contributed by atoms with Gasteiger partial charge in [-0.3, -0.25) is 14.1 Å². The molecule has 0 aliphatic rings. The second-order valence-electron chi connectivity index (χ2n) is 13.9. The van der Waals surface area contributed by atoms with Crippen LogP contribution in [0.5, 0.6) is 0 Å². The third kappa shape index (κ3) is 42.2. The molecule has 0 amide bonds. The summed E-state index contributed by atoms with van der Waals surface area (Å²) in [7, 11) is -4.77. The number of allylic oxidation sites excluding steroid dienone is 12. The molecule has 0 saturated heterocycles. The molecular weight excluding hydrogens is 699 g/mol. The highest BCUT2D eigenvalue weighted by Gasteiger charge is 2.22. The lowest BCUT2D eigenvalue weighted by molar-refractivity contribution is -0.161. The Labute approximate surface area is 329 Å². The van der Waals surface area contributed by atoms with Gasteiger partial charge in [0.25, 0.3) is 0 Å². The number of hydrogen-bond acceptors (Lipinski definition) is 6. The van der Waals surface area contributed by atoms with E-state index in [9.17, 15) is 14.2 Å². The molecule has 0 radical (unpaired) electrons. The Hall–Kier alpha value is -2.51. The molecule has 54 heavy (non-hydrogen) atoms. The van der Waals surface area contributed by atoms with Crippen LogP contribution in [0.4, 0.5) is 0 Å². The van der Waals surface area contributed by atoms with Crippen molar-refractivity contribution in [3.63, 3.8) is 0 Å². The monoisotopic (exact) mass is 777 g/mol. The first-order valence-electron chi connectivity index (χ1n) is 21.2. The predicted octanol–water partition coefficient (Wildman–Crippen LogP) is 13.1. The molecule has 1 atom stereocenters. The van der Waals surface area contributed by atoms with Crippen LogP contribution in [-0.2, 0) is 28.2 Å². The van der Waals surface area contributed by atoms with Crippen LogP contribution >= 0.6 is 7.82 Å². The first kappa shape index (κ1) is 51.5. The molecule has 0 aliphatic carbocycles. The van der Waals surface area contributed by atoms with Crippen molar-refractivity contribution in [1.82, 2.24) is 0 Å². The van der Waals surface area contributed by atoms with Gasteiger partial charge in [-0.2, -0.15) is 0 Å². The Morgan fingerprint density at radius 2 is 0.889 bits per heavy atom. The maximum atomic E-state index is 12.4.